The van der Waals surface area contributed by atoms with Gasteiger partial charge < -0.3 is 9.59 Å². The third kappa shape index (κ3) is 43.6. The van der Waals surface area contributed by atoms with Gasteiger partial charge in [-0.3, -0.25) is 0 Å². The molecular formula is C60H112NO+. The number of hydrogen-bond acceptors (Lipinski definition) is 1. The number of aliphatic hydroxyl groups excluding tert-OH is 1. The average molecular weight is 864 g/mol. The first-order valence-electron chi connectivity index (χ1n) is 27.7. The quantitative estimate of drug-likeness (QED) is 0.0367. The molecule has 0 aromatic heterocycles. The fraction of sp³-hybridized carbons (Fsp3) is 0.800. The van der Waals surface area contributed by atoms with Crippen molar-refractivity contribution in [3.8, 4) is 0 Å². The summed E-state index contributed by atoms with van der Waals surface area (Å²) in [7, 11) is 7.08. The molecule has 0 heterocycles. The van der Waals surface area contributed by atoms with E-state index in [2.05, 4.69) is 115 Å². The molecule has 362 valence electrons. The average Bonchev–Trinajstić information content (AvgIpc) is 3.25. The molecule has 0 aromatic carbocycles. The minimum absolute atomic E-state index is 0.0414. The summed E-state index contributed by atoms with van der Waals surface area (Å²) < 4.78 is 0.949. The molecule has 0 aliphatic carbocycles. The van der Waals surface area contributed by atoms with Crippen LogP contribution in [0.5, 0.6) is 0 Å². The maximum Gasteiger partial charge on any atom is 0.0862 e. The highest BCUT2D eigenvalue weighted by Gasteiger charge is 2.41. The Labute approximate surface area is 391 Å². The van der Waals surface area contributed by atoms with E-state index in [9.17, 15) is 5.11 Å². The lowest BCUT2D eigenvalue weighted by molar-refractivity contribution is -0.878. The fourth-order valence-electron chi connectivity index (χ4n) is 9.23. The lowest BCUT2D eigenvalue weighted by Gasteiger charge is -2.43. The van der Waals surface area contributed by atoms with Gasteiger partial charge >= 0.3 is 0 Å². The van der Waals surface area contributed by atoms with Crippen molar-refractivity contribution in [1.82, 2.24) is 0 Å². The topological polar surface area (TPSA) is 20.2 Å². The van der Waals surface area contributed by atoms with Crippen LogP contribution in [0.1, 0.15) is 271 Å². The van der Waals surface area contributed by atoms with E-state index in [1.807, 2.05) is 0 Å². The summed E-state index contributed by atoms with van der Waals surface area (Å²) in [5.41, 5.74) is 0.0414. The number of hydrogen-bond donors (Lipinski definition) is 1. The zero-order valence-electron chi connectivity index (χ0n) is 43.2. The van der Waals surface area contributed by atoms with E-state index in [0.29, 0.717) is 0 Å². The van der Waals surface area contributed by atoms with Gasteiger partial charge in [-0.05, 0) is 116 Å². The van der Waals surface area contributed by atoms with E-state index in [0.717, 1.165) is 36.7 Å². The molecule has 1 unspecified atom stereocenters. The maximum atomic E-state index is 12.1. The SMILES string of the molecule is CCCCC/C=C\C/C=C\CCCCCCCCC(O)C(CCCCCCCC/C=C\C/C=C\CCCCC)(CCCCCCCC/C=C\C/C=C\CCCCC)C[N+](C)(C)C. The van der Waals surface area contributed by atoms with Crippen LogP contribution < -0.4 is 0 Å². The van der Waals surface area contributed by atoms with Crippen LogP contribution in [-0.2, 0) is 0 Å². The normalized spacial score (nSPS) is 13.6. The smallest absolute Gasteiger partial charge is 0.0862 e. The minimum atomic E-state index is -0.179. The summed E-state index contributed by atoms with van der Waals surface area (Å²) >= 11 is 0. The van der Waals surface area contributed by atoms with Crippen molar-refractivity contribution < 1.29 is 9.59 Å². The fourth-order valence-corrected chi connectivity index (χ4v) is 9.23. The van der Waals surface area contributed by atoms with Crippen LogP contribution in [0.3, 0.4) is 0 Å². The molecule has 0 radical (unpaired) electrons. The summed E-state index contributed by atoms with van der Waals surface area (Å²) in [6.45, 7) is 7.92. The highest BCUT2D eigenvalue weighted by atomic mass is 16.3. The molecule has 0 spiro atoms. The van der Waals surface area contributed by atoms with Gasteiger partial charge in [-0.15, -0.1) is 0 Å². The zero-order chi connectivity index (χ0) is 45.3. The lowest BCUT2D eigenvalue weighted by atomic mass is 9.71. The molecule has 0 aliphatic heterocycles. The van der Waals surface area contributed by atoms with Gasteiger partial charge in [0, 0.05) is 5.41 Å². The van der Waals surface area contributed by atoms with Gasteiger partial charge in [0.1, 0.15) is 0 Å². The maximum absolute atomic E-state index is 12.1. The van der Waals surface area contributed by atoms with Crippen LogP contribution in [-0.4, -0.2) is 43.4 Å². The molecule has 1 N–H and O–H groups in total. The third-order valence-electron chi connectivity index (χ3n) is 12.9. The van der Waals surface area contributed by atoms with Crippen LogP contribution in [0.2, 0.25) is 0 Å². The Bertz CT molecular complexity index is 1020. The summed E-state index contributed by atoms with van der Waals surface area (Å²) in [5, 5.41) is 12.1. The molecule has 0 rings (SSSR count). The summed E-state index contributed by atoms with van der Waals surface area (Å²) in [5.74, 6) is 0. The molecule has 0 saturated heterocycles. The Morgan fingerprint density at radius 2 is 0.597 bits per heavy atom. The van der Waals surface area contributed by atoms with Gasteiger partial charge in [-0.25, -0.2) is 0 Å². The molecule has 2 nitrogen and oxygen atoms in total. The van der Waals surface area contributed by atoms with Crippen molar-refractivity contribution in [2.45, 2.75) is 277 Å². The molecule has 0 aliphatic rings. The van der Waals surface area contributed by atoms with Crippen molar-refractivity contribution in [2.24, 2.45) is 5.41 Å². The number of rotatable bonds is 48. The molecule has 0 amide bonds. The van der Waals surface area contributed by atoms with E-state index in [1.54, 1.807) is 0 Å². The number of quaternary nitrogens is 1. The second-order valence-corrected chi connectivity index (χ2v) is 20.4. The number of aliphatic hydroxyl groups is 1. The molecule has 0 fully saturated rings. The minimum Gasteiger partial charge on any atom is -0.392 e. The number of nitrogens with zero attached hydrogens (tertiary/aromatic N) is 1. The standard InChI is InChI=1S/C60H112NO/c1-7-10-13-16-19-22-25-28-31-34-37-40-43-46-49-52-55-59(62)60(58-61(4,5)6,56-53-50-47-44-41-38-35-32-29-26-23-20-17-14-11-8-2)57-54-51-48-45-42-39-36-33-30-27-24-21-18-15-12-9-3/h19-24,28-33,59,62H,7-18,25-27,34-58H2,1-6H3/q+1/b22-19-,23-20-,24-21-,31-28-,32-29-,33-30-. The van der Waals surface area contributed by atoms with Crippen LogP contribution >= 0.6 is 0 Å². The molecule has 0 aromatic rings. The van der Waals surface area contributed by atoms with Gasteiger partial charge in [-0.1, -0.05) is 229 Å². The van der Waals surface area contributed by atoms with E-state index < -0.39 is 0 Å². The predicted octanol–water partition coefficient (Wildman–Crippen LogP) is 19.7. The third-order valence-corrected chi connectivity index (χ3v) is 12.9. The molecule has 1 atom stereocenters. The van der Waals surface area contributed by atoms with Gasteiger partial charge in [0.2, 0.25) is 0 Å². The highest BCUT2D eigenvalue weighted by molar-refractivity contribution is 4.94. The predicted molar refractivity (Wildman–Crippen MR) is 283 cm³/mol. The Hall–Kier alpha value is -1.64. The molecule has 0 saturated carbocycles. The van der Waals surface area contributed by atoms with Gasteiger partial charge in [0.05, 0.1) is 33.8 Å². The Balaban J connectivity index is 4.85. The van der Waals surface area contributed by atoms with E-state index >= 15 is 0 Å². The Morgan fingerprint density at radius 1 is 0.339 bits per heavy atom. The lowest BCUT2D eigenvalue weighted by Crippen LogP contribution is -2.50. The van der Waals surface area contributed by atoms with E-state index in [-0.39, 0.29) is 11.5 Å². The summed E-state index contributed by atoms with van der Waals surface area (Å²) in [6, 6.07) is 0. The van der Waals surface area contributed by atoms with Crippen molar-refractivity contribution in [2.75, 3.05) is 27.7 Å². The Kier molecular flexibility index (Phi) is 46.1. The van der Waals surface area contributed by atoms with Gasteiger partial charge in [-0.2, -0.15) is 0 Å². The molecule has 0 bridgehead atoms. The molecular weight excluding hydrogens is 751 g/mol. The highest BCUT2D eigenvalue weighted by Crippen LogP contribution is 2.39. The largest absolute Gasteiger partial charge is 0.392 e. The van der Waals surface area contributed by atoms with Crippen LogP contribution in [0, 0.1) is 5.41 Å². The summed E-state index contributed by atoms with van der Waals surface area (Å²) in [4.78, 5) is 0. The van der Waals surface area contributed by atoms with Crippen molar-refractivity contribution in [3.05, 3.63) is 72.9 Å². The van der Waals surface area contributed by atoms with Gasteiger partial charge in [0.15, 0.2) is 0 Å². The van der Waals surface area contributed by atoms with Crippen LogP contribution in [0.25, 0.3) is 0 Å². The molecule has 2 heteroatoms. The van der Waals surface area contributed by atoms with Crippen molar-refractivity contribution in [3.63, 3.8) is 0 Å². The van der Waals surface area contributed by atoms with Crippen molar-refractivity contribution >= 4 is 0 Å². The first-order chi connectivity index (χ1) is 30.3. The summed E-state index contributed by atoms with van der Waals surface area (Å²) in [6.07, 6.45) is 77.9. The molecule has 62 heavy (non-hydrogen) atoms. The van der Waals surface area contributed by atoms with E-state index in [1.165, 1.54) is 225 Å². The zero-order valence-corrected chi connectivity index (χ0v) is 43.2. The van der Waals surface area contributed by atoms with E-state index in [4.69, 9.17) is 0 Å². The van der Waals surface area contributed by atoms with Crippen molar-refractivity contribution in [1.29, 1.82) is 0 Å². The van der Waals surface area contributed by atoms with Crippen LogP contribution in [0.15, 0.2) is 72.9 Å². The first kappa shape index (κ1) is 60.4. The number of unbranched alkanes of at least 4 members (excludes halogenated alkanes) is 27. The number of allylic oxidation sites excluding steroid dienone is 12. The Morgan fingerprint density at radius 3 is 0.887 bits per heavy atom. The van der Waals surface area contributed by atoms with Crippen LogP contribution in [0.4, 0.5) is 0 Å². The first-order valence-corrected chi connectivity index (χ1v) is 27.7. The van der Waals surface area contributed by atoms with Gasteiger partial charge in [0.25, 0.3) is 0 Å². The monoisotopic (exact) mass is 863 g/mol. The second-order valence-electron chi connectivity index (χ2n) is 20.4. The second kappa shape index (κ2) is 47.3.